The van der Waals surface area contributed by atoms with Gasteiger partial charge in [-0.05, 0) is 0 Å². The van der Waals surface area contributed by atoms with E-state index in [-0.39, 0.29) is 16.9 Å². The van der Waals surface area contributed by atoms with E-state index in [9.17, 15) is 8.78 Å². The zero-order valence-electron chi connectivity index (χ0n) is 9.84. The van der Waals surface area contributed by atoms with Crippen molar-refractivity contribution in [3.8, 4) is 11.6 Å². The number of rotatable bonds is 2. The van der Waals surface area contributed by atoms with Gasteiger partial charge in [-0.15, -0.1) is 0 Å². The van der Waals surface area contributed by atoms with Gasteiger partial charge in [-0.1, -0.05) is 0 Å². The number of benzene rings is 1. The van der Waals surface area contributed by atoms with Crippen LogP contribution < -0.4 is 4.74 Å². The molecule has 3 rings (SSSR count). The van der Waals surface area contributed by atoms with Gasteiger partial charge in [0.05, 0.1) is 29.6 Å². The second-order valence-electron chi connectivity index (χ2n) is 3.92. The Bertz CT molecular complexity index is 757. The Kier molecular flexibility index (Phi) is 2.59. The van der Waals surface area contributed by atoms with Gasteiger partial charge in [-0.3, -0.25) is 4.68 Å². The minimum Gasteiger partial charge on any atom is -0.434 e. The summed E-state index contributed by atoms with van der Waals surface area (Å²) in [6.07, 6.45) is 4.50. The lowest BCUT2D eigenvalue weighted by Gasteiger charge is -2.03. The average Bonchev–Trinajstić information content (AvgIpc) is 2.77. The van der Waals surface area contributed by atoms with Crippen LogP contribution in [-0.2, 0) is 7.05 Å². The molecule has 0 bridgehead atoms. The zero-order chi connectivity index (χ0) is 13.4. The van der Waals surface area contributed by atoms with Crippen LogP contribution in [0.2, 0.25) is 0 Å². The predicted molar refractivity (Wildman–Crippen MR) is 62.7 cm³/mol. The lowest BCUT2D eigenvalue weighted by molar-refractivity contribution is 0.461. The molecular formula is C12H8F2N4O. The average molecular weight is 262 g/mol. The van der Waals surface area contributed by atoms with Gasteiger partial charge in [0, 0.05) is 19.2 Å². The molecule has 2 heterocycles. The van der Waals surface area contributed by atoms with Crippen molar-refractivity contribution in [2.24, 2.45) is 7.05 Å². The number of halogens is 2. The molecule has 7 heteroatoms. The number of ether oxygens (including phenoxy) is 1. The molecule has 96 valence electrons. The molecule has 5 nitrogen and oxygen atoms in total. The number of aryl methyl sites for hydroxylation is 1. The van der Waals surface area contributed by atoms with E-state index in [1.165, 1.54) is 12.4 Å². The first-order valence-corrected chi connectivity index (χ1v) is 5.40. The summed E-state index contributed by atoms with van der Waals surface area (Å²) >= 11 is 0. The second-order valence-corrected chi connectivity index (χ2v) is 3.92. The highest BCUT2D eigenvalue weighted by Crippen LogP contribution is 2.21. The summed E-state index contributed by atoms with van der Waals surface area (Å²) in [6, 6.07) is 1.97. The van der Waals surface area contributed by atoms with Crippen LogP contribution in [0, 0.1) is 11.6 Å². The molecule has 1 aromatic carbocycles. The lowest BCUT2D eigenvalue weighted by atomic mass is 10.3. The minimum atomic E-state index is -0.972. The van der Waals surface area contributed by atoms with Crippen molar-refractivity contribution >= 4 is 11.0 Å². The molecule has 0 saturated carbocycles. The van der Waals surface area contributed by atoms with Crippen LogP contribution in [-0.4, -0.2) is 19.7 Å². The van der Waals surface area contributed by atoms with Crippen molar-refractivity contribution in [2.75, 3.05) is 0 Å². The van der Waals surface area contributed by atoms with Crippen LogP contribution in [0.5, 0.6) is 11.6 Å². The third kappa shape index (κ3) is 2.22. The van der Waals surface area contributed by atoms with Crippen molar-refractivity contribution in [3.63, 3.8) is 0 Å². The Balaban J connectivity index is 1.99. The van der Waals surface area contributed by atoms with Crippen LogP contribution in [0.25, 0.3) is 11.0 Å². The first-order valence-electron chi connectivity index (χ1n) is 5.40. The van der Waals surface area contributed by atoms with Crippen LogP contribution in [0.3, 0.4) is 0 Å². The minimum absolute atomic E-state index is 0.187. The smallest absolute Gasteiger partial charge is 0.238 e. The maximum absolute atomic E-state index is 13.1. The summed E-state index contributed by atoms with van der Waals surface area (Å²) in [5, 5.41) is 3.93. The fourth-order valence-corrected chi connectivity index (χ4v) is 1.61. The highest BCUT2D eigenvalue weighted by Gasteiger charge is 2.08. The summed E-state index contributed by atoms with van der Waals surface area (Å²) in [5.41, 5.74) is 0.484. The highest BCUT2D eigenvalue weighted by molar-refractivity contribution is 5.74. The van der Waals surface area contributed by atoms with Gasteiger partial charge in [-0.25, -0.2) is 18.7 Å². The van der Waals surface area contributed by atoms with Crippen molar-refractivity contribution in [1.29, 1.82) is 0 Å². The summed E-state index contributed by atoms with van der Waals surface area (Å²) < 4.78 is 33.1. The van der Waals surface area contributed by atoms with Crippen LogP contribution in [0.4, 0.5) is 8.78 Å². The van der Waals surface area contributed by atoms with E-state index < -0.39 is 11.6 Å². The molecule has 0 N–H and O–H groups in total. The largest absolute Gasteiger partial charge is 0.434 e. The third-order valence-corrected chi connectivity index (χ3v) is 2.47. The maximum Gasteiger partial charge on any atom is 0.238 e. The molecule has 0 aliphatic rings. The molecule has 0 unspecified atom stereocenters. The summed E-state index contributed by atoms with van der Waals surface area (Å²) in [7, 11) is 1.75. The second kappa shape index (κ2) is 4.27. The fourth-order valence-electron chi connectivity index (χ4n) is 1.61. The molecule has 0 fully saturated rings. The molecule has 0 radical (unpaired) electrons. The first kappa shape index (κ1) is 11.5. The molecule has 2 aromatic heterocycles. The summed E-state index contributed by atoms with van der Waals surface area (Å²) in [5.74, 6) is -1.26. The molecule has 0 aliphatic heterocycles. The molecule has 3 aromatic rings. The van der Waals surface area contributed by atoms with Gasteiger partial charge < -0.3 is 4.74 Å². The Labute approximate surface area is 106 Å². The molecule has 0 aliphatic carbocycles. The van der Waals surface area contributed by atoms with E-state index in [0.717, 1.165) is 12.1 Å². The van der Waals surface area contributed by atoms with Gasteiger partial charge in [0.15, 0.2) is 17.4 Å². The van der Waals surface area contributed by atoms with E-state index in [2.05, 4.69) is 15.1 Å². The SMILES string of the molecule is Cn1cc(Oc2cnc3cc(F)c(F)cc3n2)cn1. The Morgan fingerprint density at radius 1 is 1.11 bits per heavy atom. The van der Waals surface area contributed by atoms with Crippen LogP contribution in [0.1, 0.15) is 0 Å². The Morgan fingerprint density at radius 3 is 2.53 bits per heavy atom. The van der Waals surface area contributed by atoms with Gasteiger partial charge in [-0.2, -0.15) is 5.10 Å². The van der Waals surface area contributed by atoms with E-state index in [4.69, 9.17) is 4.74 Å². The van der Waals surface area contributed by atoms with Crippen LogP contribution >= 0.6 is 0 Å². The number of fused-ring (bicyclic) bond motifs is 1. The topological polar surface area (TPSA) is 52.8 Å². The molecule has 0 atom stereocenters. The maximum atomic E-state index is 13.1. The monoisotopic (exact) mass is 262 g/mol. The molecule has 0 amide bonds. The Morgan fingerprint density at radius 2 is 1.84 bits per heavy atom. The van der Waals surface area contributed by atoms with Crippen molar-refractivity contribution < 1.29 is 13.5 Å². The van der Waals surface area contributed by atoms with Crippen molar-refractivity contribution in [1.82, 2.24) is 19.7 Å². The summed E-state index contributed by atoms with van der Waals surface area (Å²) in [6.45, 7) is 0. The van der Waals surface area contributed by atoms with E-state index in [1.807, 2.05) is 0 Å². The van der Waals surface area contributed by atoms with E-state index in [0.29, 0.717) is 5.75 Å². The molecule has 0 saturated heterocycles. The highest BCUT2D eigenvalue weighted by atomic mass is 19.2. The first-order chi connectivity index (χ1) is 9.11. The van der Waals surface area contributed by atoms with Gasteiger partial charge in [0.2, 0.25) is 5.88 Å². The molecule has 19 heavy (non-hydrogen) atoms. The summed E-state index contributed by atoms with van der Waals surface area (Å²) in [4.78, 5) is 8.02. The quantitative estimate of drug-likeness (QED) is 0.711. The van der Waals surface area contributed by atoms with Crippen molar-refractivity contribution in [3.05, 3.63) is 42.4 Å². The number of nitrogens with zero attached hydrogens (tertiary/aromatic N) is 4. The van der Waals surface area contributed by atoms with Crippen LogP contribution in [0.15, 0.2) is 30.7 Å². The van der Waals surface area contributed by atoms with Gasteiger partial charge in [0.1, 0.15) is 0 Å². The zero-order valence-corrected chi connectivity index (χ0v) is 9.84. The van der Waals surface area contributed by atoms with Gasteiger partial charge in [0.25, 0.3) is 0 Å². The lowest BCUT2D eigenvalue weighted by Crippen LogP contribution is -1.93. The number of hydrogen-bond acceptors (Lipinski definition) is 4. The van der Waals surface area contributed by atoms with Gasteiger partial charge >= 0.3 is 0 Å². The number of aromatic nitrogens is 4. The van der Waals surface area contributed by atoms with E-state index in [1.54, 1.807) is 17.9 Å². The number of hydrogen-bond donors (Lipinski definition) is 0. The molecular weight excluding hydrogens is 254 g/mol. The van der Waals surface area contributed by atoms with Crippen molar-refractivity contribution in [2.45, 2.75) is 0 Å². The predicted octanol–water partition coefficient (Wildman–Crippen LogP) is 2.43. The third-order valence-electron chi connectivity index (χ3n) is 2.47. The fraction of sp³-hybridized carbons (Fsp3) is 0.0833. The van der Waals surface area contributed by atoms with E-state index >= 15 is 0 Å². The Hall–Kier alpha value is -2.57. The molecule has 0 spiro atoms. The normalized spacial score (nSPS) is 10.9. The standard InChI is InChI=1S/C12H8F2N4O/c1-18-6-7(4-16-18)19-12-5-15-10-2-8(13)9(14)3-11(10)17-12/h2-6H,1H3.